The van der Waals surface area contributed by atoms with Gasteiger partial charge in [0, 0.05) is 26.1 Å². The van der Waals surface area contributed by atoms with Gasteiger partial charge in [-0.1, -0.05) is 33.1 Å². The Labute approximate surface area is 146 Å². The first-order valence-electron chi connectivity index (χ1n) is 8.96. The van der Waals surface area contributed by atoms with Gasteiger partial charge in [0.25, 0.3) is 0 Å². The molecule has 0 spiro atoms. The Morgan fingerprint density at radius 2 is 2.04 bits per heavy atom. The fourth-order valence-electron chi connectivity index (χ4n) is 2.92. The number of hydrogen-bond donors (Lipinski definition) is 2. The zero-order chi connectivity index (χ0) is 18.1. The monoisotopic (exact) mass is 335 g/mol. The summed E-state index contributed by atoms with van der Waals surface area (Å²) in [5.41, 5.74) is 8.17. The summed E-state index contributed by atoms with van der Waals surface area (Å²) in [6.07, 6.45) is 4.87. The van der Waals surface area contributed by atoms with Crippen LogP contribution in [0.5, 0.6) is 5.75 Å². The molecule has 1 aromatic carbocycles. The molecule has 5 nitrogen and oxygen atoms in total. The third kappa shape index (κ3) is 5.62. The third-order valence-electron chi connectivity index (χ3n) is 4.41. The van der Waals surface area contributed by atoms with Crippen LogP contribution in [-0.4, -0.2) is 26.1 Å². The van der Waals surface area contributed by atoms with E-state index < -0.39 is 0 Å². The maximum absolute atomic E-state index is 11.4. The van der Waals surface area contributed by atoms with Crippen molar-refractivity contribution in [2.75, 3.05) is 36.1 Å². The van der Waals surface area contributed by atoms with Crippen LogP contribution in [0.2, 0.25) is 0 Å². The van der Waals surface area contributed by atoms with Crippen molar-refractivity contribution in [3.63, 3.8) is 0 Å². The van der Waals surface area contributed by atoms with Crippen LogP contribution < -0.4 is 20.7 Å². The number of ether oxygens (including phenoxy) is 1. The van der Waals surface area contributed by atoms with Gasteiger partial charge in [-0.05, 0) is 25.3 Å². The normalized spacial score (nSPS) is 11.9. The molecule has 0 saturated carbocycles. The molecule has 1 amide bonds. The SMILES string of the molecule is CCCCC(CC)CN(CC)c1cc(NC(C)=O)c(N)cc1OC. The quantitative estimate of drug-likeness (QED) is 0.626. The Morgan fingerprint density at radius 3 is 2.54 bits per heavy atom. The van der Waals surface area contributed by atoms with Gasteiger partial charge in [-0.3, -0.25) is 4.79 Å². The second-order valence-electron chi connectivity index (χ2n) is 6.25. The molecule has 0 bridgehead atoms. The van der Waals surface area contributed by atoms with Crippen molar-refractivity contribution < 1.29 is 9.53 Å². The zero-order valence-corrected chi connectivity index (χ0v) is 15.8. The standard InChI is InChI=1S/C19H33N3O2/c1-6-9-10-15(7-2)13-22(8-3)18-12-17(21-14(4)23)16(20)11-19(18)24-5/h11-12,15H,6-10,13,20H2,1-5H3,(H,21,23). The fourth-order valence-corrected chi connectivity index (χ4v) is 2.92. The smallest absolute Gasteiger partial charge is 0.221 e. The van der Waals surface area contributed by atoms with E-state index in [0.29, 0.717) is 17.3 Å². The van der Waals surface area contributed by atoms with Gasteiger partial charge in [0.05, 0.1) is 24.2 Å². The maximum atomic E-state index is 11.4. The second-order valence-corrected chi connectivity index (χ2v) is 6.25. The van der Waals surface area contributed by atoms with Crippen molar-refractivity contribution in [3.05, 3.63) is 12.1 Å². The molecule has 0 saturated heterocycles. The lowest BCUT2D eigenvalue weighted by atomic mass is 9.98. The first-order valence-corrected chi connectivity index (χ1v) is 8.96. The van der Waals surface area contributed by atoms with Gasteiger partial charge in [-0.25, -0.2) is 0 Å². The van der Waals surface area contributed by atoms with Gasteiger partial charge in [0.15, 0.2) is 0 Å². The highest BCUT2D eigenvalue weighted by molar-refractivity contribution is 5.94. The molecule has 0 aliphatic rings. The van der Waals surface area contributed by atoms with Crippen molar-refractivity contribution in [1.82, 2.24) is 0 Å². The van der Waals surface area contributed by atoms with Gasteiger partial charge in [-0.2, -0.15) is 0 Å². The summed E-state index contributed by atoms with van der Waals surface area (Å²) in [4.78, 5) is 13.7. The number of benzene rings is 1. The maximum Gasteiger partial charge on any atom is 0.221 e. The molecule has 3 N–H and O–H groups in total. The van der Waals surface area contributed by atoms with Gasteiger partial charge in [0.2, 0.25) is 5.91 Å². The lowest BCUT2D eigenvalue weighted by Gasteiger charge is -2.30. The largest absolute Gasteiger partial charge is 0.495 e. The van der Waals surface area contributed by atoms with Crippen LogP contribution in [0.4, 0.5) is 17.1 Å². The summed E-state index contributed by atoms with van der Waals surface area (Å²) >= 11 is 0. The van der Waals surface area contributed by atoms with E-state index in [4.69, 9.17) is 10.5 Å². The number of nitrogens with one attached hydrogen (secondary N) is 1. The van der Waals surface area contributed by atoms with Crippen molar-refractivity contribution in [3.8, 4) is 5.75 Å². The van der Waals surface area contributed by atoms with Gasteiger partial charge >= 0.3 is 0 Å². The lowest BCUT2D eigenvalue weighted by Crippen LogP contribution is -2.29. The van der Waals surface area contributed by atoms with Crippen LogP contribution in [0.15, 0.2) is 12.1 Å². The van der Waals surface area contributed by atoms with Gasteiger partial charge in [0.1, 0.15) is 5.75 Å². The number of hydrogen-bond acceptors (Lipinski definition) is 4. The van der Waals surface area contributed by atoms with Gasteiger partial charge < -0.3 is 20.7 Å². The predicted octanol–water partition coefficient (Wildman–Crippen LogP) is 4.28. The summed E-state index contributed by atoms with van der Waals surface area (Å²) in [6, 6.07) is 3.71. The molecule has 0 aromatic heterocycles. The Bertz CT molecular complexity index is 532. The highest BCUT2D eigenvalue weighted by Gasteiger charge is 2.18. The van der Waals surface area contributed by atoms with Crippen LogP contribution >= 0.6 is 0 Å². The van der Waals surface area contributed by atoms with Crippen molar-refractivity contribution in [1.29, 1.82) is 0 Å². The molecule has 24 heavy (non-hydrogen) atoms. The Hall–Kier alpha value is -1.91. The van der Waals surface area contributed by atoms with Crippen molar-refractivity contribution in [2.45, 2.75) is 53.4 Å². The van der Waals surface area contributed by atoms with E-state index in [9.17, 15) is 4.79 Å². The van der Waals surface area contributed by atoms with Crippen LogP contribution in [0.3, 0.4) is 0 Å². The van der Waals surface area contributed by atoms with Crippen LogP contribution in [0, 0.1) is 5.92 Å². The minimum absolute atomic E-state index is 0.129. The van der Waals surface area contributed by atoms with Crippen LogP contribution in [0.1, 0.15) is 53.4 Å². The molecule has 0 heterocycles. The van der Waals surface area contributed by atoms with E-state index in [0.717, 1.165) is 30.9 Å². The molecule has 0 aliphatic heterocycles. The summed E-state index contributed by atoms with van der Waals surface area (Å²) < 4.78 is 5.53. The molecule has 1 aromatic rings. The van der Waals surface area contributed by atoms with E-state index in [1.807, 2.05) is 6.07 Å². The average molecular weight is 335 g/mol. The molecular weight excluding hydrogens is 302 g/mol. The number of rotatable bonds is 10. The average Bonchev–Trinajstić information content (AvgIpc) is 2.56. The first-order chi connectivity index (χ1) is 11.5. The molecule has 1 atom stereocenters. The van der Waals surface area contributed by atoms with E-state index in [1.54, 1.807) is 13.2 Å². The molecule has 0 fully saturated rings. The van der Waals surface area contributed by atoms with E-state index in [-0.39, 0.29) is 5.91 Å². The minimum atomic E-state index is -0.129. The molecule has 1 rings (SSSR count). The summed E-state index contributed by atoms with van der Waals surface area (Å²) in [7, 11) is 1.65. The first kappa shape index (κ1) is 20.1. The number of amides is 1. The fraction of sp³-hybridized carbons (Fsp3) is 0.632. The highest BCUT2D eigenvalue weighted by atomic mass is 16.5. The number of anilines is 3. The second kappa shape index (κ2) is 10.1. The number of nitrogen functional groups attached to an aromatic ring is 1. The van der Waals surface area contributed by atoms with Crippen LogP contribution in [-0.2, 0) is 4.79 Å². The zero-order valence-electron chi connectivity index (χ0n) is 15.8. The number of unbranched alkanes of at least 4 members (excludes halogenated alkanes) is 1. The molecular formula is C19H33N3O2. The topological polar surface area (TPSA) is 67.6 Å². The summed E-state index contributed by atoms with van der Waals surface area (Å²) in [5, 5.41) is 2.80. The molecule has 5 heteroatoms. The van der Waals surface area contributed by atoms with Crippen LogP contribution in [0.25, 0.3) is 0 Å². The van der Waals surface area contributed by atoms with E-state index >= 15 is 0 Å². The lowest BCUT2D eigenvalue weighted by molar-refractivity contribution is -0.114. The third-order valence-corrected chi connectivity index (χ3v) is 4.41. The number of carbonyl (C=O) groups excluding carboxylic acids is 1. The predicted molar refractivity (Wildman–Crippen MR) is 103 cm³/mol. The van der Waals surface area contributed by atoms with Crippen molar-refractivity contribution in [2.24, 2.45) is 5.92 Å². The molecule has 0 aliphatic carbocycles. The highest BCUT2D eigenvalue weighted by Crippen LogP contribution is 2.36. The number of nitrogens with zero attached hydrogens (tertiary/aromatic N) is 1. The Morgan fingerprint density at radius 1 is 1.33 bits per heavy atom. The number of nitrogens with two attached hydrogens (primary N) is 1. The summed E-state index contributed by atoms with van der Waals surface area (Å²) in [6.45, 7) is 9.96. The molecule has 1 unspecified atom stereocenters. The van der Waals surface area contributed by atoms with Gasteiger partial charge in [-0.15, -0.1) is 0 Å². The Balaban J connectivity index is 3.10. The van der Waals surface area contributed by atoms with E-state index in [1.165, 1.54) is 26.2 Å². The minimum Gasteiger partial charge on any atom is -0.495 e. The molecule has 0 radical (unpaired) electrons. The van der Waals surface area contributed by atoms with E-state index in [2.05, 4.69) is 31.0 Å². The number of carbonyl (C=O) groups is 1. The number of methoxy groups -OCH3 is 1. The van der Waals surface area contributed by atoms with Crippen molar-refractivity contribution >= 4 is 23.0 Å². The Kier molecular flexibility index (Phi) is 8.44. The molecule has 136 valence electrons. The summed E-state index contributed by atoms with van der Waals surface area (Å²) in [5.74, 6) is 1.26.